The molecule has 9 heavy (non-hydrogen) atoms. The van der Waals surface area contributed by atoms with Crippen LogP contribution in [0.1, 0.15) is 0 Å². The van der Waals surface area contributed by atoms with Gasteiger partial charge in [-0.2, -0.15) is 0 Å². The van der Waals surface area contributed by atoms with E-state index in [-0.39, 0.29) is 27.4 Å². The molecule has 8 nitrogen and oxygen atoms in total. The lowest BCUT2D eigenvalue weighted by molar-refractivity contribution is 0.278. The van der Waals surface area contributed by atoms with Crippen LogP contribution in [-0.4, -0.2) is 49.8 Å². The average molecular weight is 152 g/mol. The van der Waals surface area contributed by atoms with E-state index in [0.717, 1.165) is 0 Å². The molecule has 0 rings (SSSR count). The van der Waals surface area contributed by atoms with Crippen molar-refractivity contribution in [3.05, 3.63) is 0 Å². The van der Waals surface area contributed by atoms with Crippen LogP contribution in [0.25, 0.3) is 0 Å². The zero-order valence-electron chi connectivity index (χ0n) is 4.42. The van der Waals surface area contributed by atoms with Crippen LogP contribution in [0.15, 0.2) is 0 Å². The Kier molecular flexibility index (Phi) is 362. The van der Waals surface area contributed by atoms with Crippen LogP contribution in [0, 0.1) is 0 Å². The van der Waals surface area contributed by atoms with Crippen LogP contribution in [0.3, 0.4) is 0 Å². The monoisotopic (exact) mass is 152 g/mol. The standard InChI is InChI=1S/BH3O3.5H2O/c2-1(3)4;;;;;/h2-4H;5*1H2. The summed E-state index contributed by atoms with van der Waals surface area (Å²) < 4.78 is 0. The van der Waals surface area contributed by atoms with Gasteiger partial charge in [-0.1, -0.05) is 0 Å². The summed E-state index contributed by atoms with van der Waals surface area (Å²) in [6.07, 6.45) is 0. The fourth-order valence-corrected chi connectivity index (χ4v) is 0. The molecule has 9 heteroatoms. The summed E-state index contributed by atoms with van der Waals surface area (Å²) in [5.74, 6) is 0. The van der Waals surface area contributed by atoms with E-state index in [1.165, 1.54) is 0 Å². The molecule has 0 unspecified atom stereocenters. The van der Waals surface area contributed by atoms with Crippen LogP contribution in [-0.2, 0) is 0 Å². The third-order valence-electron chi connectivity index (χ3n) is 0. The molecule has 0 atom stereocenters. The van der Waals surface area contributed by atoms with E-state index < -0.39 is 7.32 Å². The summed E-state index contributed by atoms with van der Waals surface area (Å²) in [4.78, 5) is 0. The predicted octanol–water partition coefficient (Wildman–Crippen LogP) is -6.18. The summed E-state index contributed by atoms with van der Waals surface area (Å²) in [6.45, 7) is 0. The first-order valence-electron chi connectivity index (χ1n) is 0.775. The summed E-state index contributed by atoms with van der Waals surface area (Å²) in [6, 6.07) is 0. The molecule has 0 radical (unpaired) electrons. The van der Waals surface area contributed by atoms with Crippen LogP contribution >= 0.6 is 0 Å². The highest BCUT2D eigenvalue weighted by Crippen LogP contribution is 1.40. The highest BCUT2D eigenvalue weighted by Gasteiger charge is 1.92. The van der Waals surface area contributed by atoms with Crippen molar-refractivity contribution < 1.29 is 42.5 Å². The number of rotatable bonds is 0. The molecular weight excluding hydrogens is 139 g/mol. The Morgan fingerprint density at radius 1 is 0.556 bits per heavy atom. The van der Waals surface area contributed by atoms with E-state index in [4.69, 9.17) is 15.1 Å². The minimum absolute atomic E-state index is 0. The van der Waals surface area contributed by atoms with E-state index in [0.29, 0.717) is 0 Å². The molecule has 0 spiro atoms. The second kappa shape index (κ2) is 46.8. The molecule has 0 aliphatic rings. The zero-order chi connectivity index (χ0) is 3.58. The van der Waals surface area contributed by atoms with Crippen molar-refractivity contribution in [1.82, 2.24) is 0 Å². The minimum atomic E-state index is -2.17. The summed E-state index contributed by atoms with van der Waals surface area (Å²) in [5, 5.41) is 21.5. The minimum Gasteiger partial charge on any atom is -0.412 e. The van der Waals surface area contributed by atoms with Gasteiger partial charge in [0.1, 0.15) is 0 Å². The lowest BCUT2D eigenvalue weighted by Gasteiger charge is -1.69. The van der Waals surface area contributed by atoms with Gasteiger partial charge in [-0.3, -0.25) is 0 Å². The Bertz CT molecular complexity index is 9.28. The summed E-state index contributed by atoms with van der Waals surface area (Å²) >= 11 is 0. The molecule has 0 fully saturated rings. The molecule has 0 heterocycles. The van der Waals surface area contributed by atoms with Gasteiger partial charge in [-0.15, -0.1) is 0 Å². The fourth-order valence-electron chi connectivity index (χ4n) is 0. The van der Waals surface area contributed by atoms with Crippen molar-refractivity contribution in [2.75, 3.05) is 0 Å². The maximum absolute atomic E-state index is 7.17. The Hall–Kier alpha value is -0.255. The number of hydrogen-bond donors (Lipinski definition) is 3. The van der Waals surface area contributed by atoms with Crippen molar-refractivity contribution in [1.29, 1.82) is 0 Å². The van der Waals surface area contributed by atoms with Gasteiger partial charge in [-0.25, -0.2) is 0 Å². The maximum Gasteiger partial charge on any atom is 0.631 e. The van der Waals surface area contributed by atoms with Crippen LogP contribution in [0.2, 0.25) is 0 Å². The first-order valence-corrected chi connectivity index (χ1v) is 0.775. The van der Waals surface area contributed by atoms with Gasteiger partial charge in [0.15, 0.2) is 0 Å². The van der Waals surface area contributed by atoms with Crippen molar-refractivity contribution in [3.63, 3.8) is 0 Å². The fraction of sp³-hybridized carbons (Fsp3) is 0. The SMILES string of the molecule is O.O.O.O.O.OB(O)O. The van der Waals surface area contributed by atoms with E-state index in [2.05, 4.69) is 0 Å². The normalized spacial score (nSPS) is 3.00. The molecule has 13 N–H and O–H groups in total. The average Bonchev–Trinajstić information content (AvgIpc) is 0.811. The quantitative estimate of drug-likeness (QED) is 0.288. The Morgan fingerprint density at radius 2 is 0.556 bits per heavy atom. The van der Waals surface area contributed by atoms with Gasteiger partial charge in [0, 0.05) is 0 Å². The van der Waals surface area contributed by atoms with Crippen molar-refractivity contribution in [2.45, 2.75) is 0 Å². The molecule has 0 aliphatic carbocycles. The molecule has 0 aromatic heterocycles. The van der Waals surface area contributed by atoms with E-state index in [1.54, 1.807) is 0 Å². The first kappa shape index (κ1) is 69.6. The Morgan fingerprint density at radius 3 is 0.556 bits per heavy atom. The summed E-state index contributed by atoms with van der Waals surface area (Å²) in [7, 11) is -2.17. The molecular formula is H13BO8. The van der Waals surface area contributed by atoms with Crippen molar-refractivity contribution in [3.8, 4) is 0 Å². The molecule has 0 saturated carbocycles. The number of hydrogen-bond acceptors (Lipinski definition) is 3. The largest absolute Gasteiger partial charge is 0.631 e. The lowest BCUT2D eigenvalue weighted by atomic mass is 10.3. The van der Waals surface area contributed by atoms with Crippen molar-refractivity contribution in [2.24, 2.45) is 0 Å². The molecule has 0 aromatic carbocycles. The van der Waals surface area contributed by atoms with E-state index >= 15 is 0 Å². The molecule has 0 saturated heterocycles. The third-order valence-corrected chi connectivity index (χ3v) is 0. The van der Waals surface area contributed by atoms with Gasteiger partial charge in [0.05, 0.1) is 0 Å². The predicted molar refractivity (Wildman–Crippen MR) is 30.5 cm³/mol. The van der Waals surface area contributed by atoms with Gasteiger partial charge >= 0.3 is 7.32 Å². The first-order chi connectivity index (χ1) is 1.73. The maximum atomic E-state index is 7.17. The Labute approximate surface area is 51.1 Å². The van der Waals surface area contributed by atoms with Crippen molar-refractivity contribution >= 4 is 7.32 Å². The molecule has 64 valence electrons. The van der Waals surface area contributed by atoms with E-state index in [9.17, 15) is 0 Å². The van der Waals surface area contributed by atoms with Crippen LogP contribution in [0.5, 0.6) is 0 Å². The smallest absolute Gasteiger partial charge is 0.412 e. The Balaban J connectivity index is -0.00000000450. The molecule has 0 aromatic rings. The molecule has 0 amide bonds. The van der Waals surface area contributed by atoms with Gasteiger partial charge in [0.25, 0.3) is 0 Å². The second-order valence-corrected chi connectivity index (χ2v) is 0.346. The van der Waals surface area contributed by atoms with Crippen LogP contribution < -0.4 is 0 Å². The molecule has 0 aliphatic heterocycles. The molecule has 0 bridgehead atoms. The topological polar surface area (TPSA) is 218 Å². The van der Waals surface area contributed by atoms with Gasteiger partial charge in [0.2, 0.25) is 0 Å². The lowest BCUT2D eigenvalue weighted by Crippen LogP contribution is -2.07. The highest BCUT2D eigenvalue weighted by molar-refractivity contribution is 6.30. The van der Waals surface area contributed by atoms with Crippen LogP contribution in [0.4, 0.5) is 0 Å². The third kappa shape index (κ3) is 3930. The van der Waals surface area contributed by atoms with Gasteiger partial charge < -0.3 is 42.5 Å². The van der Waals surface area contributed by atoms with E-state index in [1.807, 2.05) is 0 Å². The second-order valence-electron chi connectivity index (χ2n) is 0.346. The summed E-state index contributed by atoms with van der Waals surface area (Å²) in [5.41, 5.74) is 0. The zero-order valence-corrected chi connectivity index (χ0v) is 4.42. The van der Waals surface area contributed by atoms with Gasteiger partial charge in [-0.05, 0) is 0 Å². The highest BCUT2D eigenvalue weighted by atomic mass is 16.5.